The molecule has 0 N–H and O–H groups in total. The van der Waals surface area contributed by atoms with Gasteiger partial charge in [0.25, 0.3) is 11.1 Å². The van der Waals surface area contributed by atoms with E-state index in [9.17, 15) is 14.4 Å². The van der Waals surface area contributed by atoms with Crippen LogP contribution in [-0.4, -0.2) is 66.8 Å². The first-order valence-electron chi connectivity index (χ1n) is 11.7. The topological polar surface area (TPSA) is 85.4 Å². The summed E-state index contributed by atoms with van der Waals surface area (Å²) in [5.74, 6) is 0.285. The zero-order chi connectivity index (χ0) is 26.4. The SMILES string of the molecule is C=CCc1cc(/C=C2\SC(=O)N(CC(=O)N3CCOCC3)C2=O)cc(OC)c1OCc1ccc(Cl)cc1. The van der Waals surface area contributed by atoms with Crippen LogP contribution >= 0.6 is 23.4 Å². The summed E-state index contributed by atoms with van der Waals surface area (Å²) in [5, 5.41) is 0.173. The molecule has 4 rings (SSSR count). The van der Waals surface area contributed by atoms with Gasteiger partial charge in [-0.05, 0) is 59.7 Å². The number of halogens is 1. The number of carbonyl (C=O) groups is 3. The molecular formula is C27H27ClN2O6S. The van der Waals surface area contributed by atoms with Crippen LogP contribution in [0.4, 0.5) is 4.79 Å². The molecule has 2 aromatic carbocycles. The lowest BCUT2D eigenvalue weighted by Gasteiger charge is -2.28. The number of carbonyl (C=O) groups excluding carboxylic acids is 3. The predicted molar refractivity (Wildman–Crippen MR) is 143 cm³/mol. The quantitative estimate of drug-likeness (QED) is 0.339. The van der Waals surface area contributed by atoms with Crippen molar-refractivity contribution in [3.63, 3.8) is 0 Å². The summed E-state index contributed by atoms with van der Waals surface area (Å²) in [4.78, 5) is 41.0. The fourth-order valence-electron chi connectivity index (χ4n) is 3.96. The van der Waals surface area contributed by atoms with E-state index in [1.54, 1.807) is 35.3 Å². The Kier molecular flexibility index (Phi) is 8.91. The van der Waals surface area contributed by atoms with Crippen LogP contribution in [0.15, 0.2) is 54.0 Å². The lowest BCUT2D eigenvalue weighted by Crippen LogP contribution is -2.46. The second-order valence-corrected chi connectivity index (χ2v) is 9.81. The van der Waals surface area contributed by atoms with E-state index < -0.39 is 11.1 Å². The summed E-state index contributed by atoms with van der Waals surface area (Å²) in [6.45, 7) is 5.64. The smallest absolute Gasteiger partial charge is 0.294 e. The largest absolute Gasteiger partial charge is 0.493 e. The van der Waals surface area contributed by atoms with Gasteiger partial charge in [-0.3, -0.25) is 19.3 Å². The Morgan fingerprint density at radius 2 is 1.92 bits per heavy atom. The minimum atomic E-state index is -0.496. The maximum Gasteiger partial charge on any atom is 0.294 e. The number of hydrogen-bond acceptors (Lipinski definition) is 7. The number of allylic oxidation sites excluding steroid dienone is 1. The van der Waals surface area contributed by atoms with Crippen molar-refractivity contribution in [3.8, 4) is 11.5 Å². The van der Waals surface area contributed by atoms with Gasteiger partial charge in [0.05, 0.1) is 25.2 Å². The molecule has 0 bridgehead atoms. The highest BCUT2D eigenvalue weighted by Crippen LogP contribution is 2.37. The second-order valence-electron chi connectivity index (χ2n) is 8.38. The van der Waals surface area contributed by atoms with Crippen molar-refractivity contribution in [1.82, 2.24) is 9.80 Å². The maximum atomic E-state index is 13.0. The average Bonchev–Trinajstić information content (AvgIpc) is 3.16. The van der Waals surface area contributed by atoms with Gasteiger partial charge in [0.15, 0.2) is 11.5 Å². The molecule has 0 aromatic heterocycles. The summed E-state index contributed by atoms with van der Waals surface area (Å²) in [5.41, 5.74) is 2.43. The first-order valence-corrected chi connectivity index (χ1v) is 12.9. The summed E-state index contributed by atoms with van der Waals surface area (Å²) < 4.78 is 16.9. The van der Waals surface area contributed by atoms with Gasteiger partial charge in [-0.2, -0.15) is 0 Å². The number of methoxy groups -OCH3 is 1. The van der Waals surface area contributed by atoms with Crippen molar-refractivity contribution in [3.05, 3.63) is 75.7 Å². The highest BCUT2D eigenvalue weighted by atomic mass is 35.5. The third-order valence-electron chi connectivity index (χ3n) is 5.86. The van der Waals surface area contributed by atoms with Gasteiger partial charge >= 0.3 is 0 Å². The Hall–Kier alpha value is -3.27. The van der Waals surface area contributed by atoms with Gasteiger partial charge in [0.2, 0.25) is 5.91 Å². The number of nitrogens with zero attached hydrogens (tertiary/aromatic N) is 2. The zero-order valence-corrected chi connectivity index (χ0v) is 22.0. The Labute approximate surface area is 224 Å². The molecule has 2 fully saturated rings. The standard InChI is InChI=1S/C27H27ClN2O6S/c1-3-4-20-13-19(14-22(34-2)25(20)36-17-18-5-7-21(28)8-6-18)15-23-26(32)30(27(33)37-23)16-24(31)29-9-11-35-12-10-29/h3,5-8,13-15H,1,4,9-12,16-17H2,2H3/b23-15-. The molecule has 0 unspecified atom stereocenters. The molecule has 194 valence electrons. The molecule has 0 saturated carbocycles. The van der Waals surface area contributed by atoms with Crippen molar-refractivity contribution in [2.45, 2.75) is 13.0 Å². The molecule has 2 aromatic rings. The molecule has 0 spiro atoms. The number of ether oxygens (including phenoxy) is 3. The van der Waals surface area contributed by atoms with Crippen LogP contribution < -0.4 is 9.47 Å². The molecule has 0 radical (unpaired) electrons. The Bertz CT molecular complexity index is 1220. The van der Waals surface area contributed by atoms with E-state index in [1.165, 1.54) is 7.11 Å². The fourth-order valence-corrected chi connectivity index (χ4v) is 4.93. The molecule has 10 heteroatoms. The third kappa shape index (κ3) is 6.54. The first kappa shape index (κ1) is 26.8. The Balaban J connectivity index is 1.53. The van der Waals surface area contributed by atoms with Crippen molar-refractivity contribution in [1.29, 1.82) is 0 Å². The van der Waals surface area contributed by atoms with Gasteiger partial charge < -0.3 is 19.1 Å². The van der Waals surface area contributed by atoms with Gasteiger partial charge in [-0.15, -0.1) is 6.58 Å². The summed E-state index contributed by atoms with van der Waals surface area (Å²) in [7, 11) is 1.54. The summed E-state index contributed by atoms with van der Waals surface area (Å²) in [6.07, 6.45) is 3.88. The van der Waals surface area contributed by atoms with Crippen LogP contribution in [0.2, 0.25) is 5.02 Å². The van der Waals surface area contributed by atoms with Gasteiger partial charge in [-0.25, -0.2) is 0 Å². The van der Waals surface area contributed by atoms with E-state index in [4.69, 9.17) is 25.8 Å². The lowest BCUT2D eigenvalue weighted by molar-refractivity contribution is -0.139. The molecular weight excluding hydrogens is 516 g/mol. The second kappa shape index (κ2) is 12.3. The van der Waals surface area contributed by atoms with Crippen molar-refractivity contribution < 1.29 is 28.6 Å². The molecule has 3 amide bonds. The van der Waals surface area contributed by atoms with Gasteiger partial charge in [-0.1, -0.05) is 29.8 Å². The predicted octanol–water partition coefficient (Wildman–Crippen LogP) is 4.55. The fraction of sp³-hybridized carbons (Fsp3) is 0.296. The van der Waals surface area contributed by atoms with Crippen molar-refractivity contribution >= 4 is 46.5 Å². The molecule has 0 atom stereocenters. The van der Waals surface area contributed by atoms with Crippen LogP contribution in [0.5, 0.6) is 11.5 Å². The van der Waals surface area contributed by atoms with Crippen LogP contribution in [0.1, 0.15) is 16.7 Å². The summed E-state index contributed by atoms with van der Waals surface area (Å²) >= 11 is 6.78. The van der Waals surface area contributed by atoms with Crippen molar-refractivity contribution in [2.24, 2.45) is 0 Å². The van der Waals surface area contributed by atoms with Gasteiger partial charge in [0, 0.05) is 23.7 Å². The molecule has 2 aliphatic heterocycles. The number of amides is 3. The lowest BCUT2D eigenvalue weighted by atomic mass is 10.0. The summed E-state index contributed by atoms with van der Waals surface area (Å²) in [6, 6.07) is 11.0. The highest BCUT2D eigenvalue weighted by molar-refractivity contribution is 8.18. The third-order valence-corrected chi connectivity index (χ3v) is 7.02. The van der Waals surface area contributed by atoms with E-state index in [2.05, 4.69) is 6.58 Å². The number of benzene rings is 2. The van der Waals surface area contributed by atoms with E-state index >= 15 is 0 Å². The van der Waals surface area contributed by atoms with Crippen LogP contribution in [0.25, 0.3) is 6.08 Å². The zero-order valence-electron chi connectivity index (χ0n) is 20.4. The number of thioether (sulfide) groups is 1. The monoisotopic (exact) mass is 542 g/mol. The van der Waals surface area contributed by atoms with E-state index in [0.717, 1.165) is 27.8 Å². The Morgan fingerprint density at radius 3 is 2.59 bits per heavy atom. The van der Waals surface area contributed by atoms with E-state index in [-0.39, 0.29) is 17.4 Å². The first-order chi connectivity index (χ1) is 17.9. The number of hydrogen-bond donors (Lipinski definition) is 0. The van der Waals surface area contributed by atoms with E-state index in [1.807, 2.05) is 18.2 Å². The molecule has 37 heavy (non-hydrogen) atoms. The Morgan fingerprint density at radius 1 is 1.19 bits per heavy atom. The van der Waals surface area contributed by atoms with Crippen LogP contribution in [-0.2, 0) is 27.4 Å². The van der Waals surface area contributed by atoms with Gasteiger partial charge in [0.1, 0.15) is 13.2 Å². The number of morpholine rings is 1. The number of rotatable bonds is 9. The number of imide groups is 1. The molecule has 2 aliphatic rings. The molecule has 2 saturated heterocycles. The molecule has 8 nitrogen and oxygen atoms in total. The minimum Gasteiger partial charge on any atom is -0.493 e. The van der Waals surface area contributed by atoms with E-state index in [0.29, 0.717) is 61.4 Å². The van der Waals surface area contributed by atoms with Crippen molar-refractivity contribution in [2.75, 3.05) is 40.0 Å². The maximum absolute atomic E-state index is 13.0. The van der Waals surface area contributed by atoms with Crippen LogP contribution in [0.3, 0.4) is 0 Å². The minimum absolute atomic E-state index is 0.237. The highest BCUT2D eigenvalue weighted by Gasteiger charge is 2.37. The average molecular weight is 543 g/mol. The normalized spacial score (nSPS) is 16.9. The van der Waals surface area contributed by atoms with Crippen LogP contribution in [0, 0.1) is 0 Å². The molecule has 0 aliphatic carbocycles. The molecule has 2 heterocycles.